The summed E-state index contributed by atoms with van der Waals surface area (Å²) < 4.78 is 4.88. The Labute approximate surface area is 101 Å². The van der Waals surface area contributed by atoms with Crippen molar-refractivity contribution in [3.8, 4) is 0 Å². The minimum absolute atomic E-state index is 0.0613. The minimum atomic E-state index is 0.0613. The summed E-state index contributed by atoms with van der Waals surface area (Å²) in [7, 11) is 1.55. The maximum Gasteiger partial charge on any atom is 0.248 e. The van der Waals surface area contributed by atoms with E-state index in [-0.39, 0.29) is 12.5 Å². The quantitative estimate of drug-likeness (QED) is 0.778. The van der Waals surface area contributed by atoms with Crippen molar-refractivity contribution in [2.45, 2.75) is 18.8 Å². The van der Waals surface area contributed by atoms with Gasteiger partial charge in [-0.3, -0.25) is 4.79 Å². The number of aromatic nitrogens is 2. The zero-order chi connectivity index (χ0) is 12.1. The first-order chi connectivity index (χ1) is 8.31. The lowest BCUT2D eigenvalue weighted by molar-refractivity contribution is -0.136. The smallest absolute Gasteiger partial charge is 0.248 e. The SMILES string of the molecule is COCC(=O)N1CCC[C@@H](c2ccncn2)C1. The van der Waals surface area contributed by atoms with E-state index in [1.54, 1.807) is 19.6 Å². The molecule has 0 aliphatic carbocycles. The molecular weight excluding hydrogens is 218 g/mol. The second-order valence-corrected chi connectivity index (χ2v) is 4.25. The Morgan fingerprint density at radius 1 is 1.65 bits per heavy atom. The van der Waals surface area contributed by atoms with E-state index in [2.05, 4.69) is 9.97 Å². The largest absolute Gasteiger partial charge is 0.375 e. The Balaban J connectivity index is 2.00. The zero-order valence-corrected chi connectivity index (χ0v) is 10.0. The molecule has 2 heterocycles. The van der Waals surface area contributed by atoms with E-state index in [0.29, 0.717) is 5.92 Å². The molecule has 92 valence electrons. The van der Waals surface area contributed by atoms with Crippen molar-refractivity contribution in [2.75, 3.05) is 26.8 Å². The van der Waals surface area contributed by atoms with Gasteiger partial charge in [0.1, 0.15) is 12.9 Å². The van der Waals surface area contributed by atoms with Crippen LogP contribution in [0.15, 0.2) is 18.6 Å². The van der Waals surface area contributed by atoms with Gasteiger partial charge in [0.05, 0.1) is 0 Å². The van der Waals surface area contributed by atoms with Crippen molar-refractivity contribution in [3.05, 3.63) is 24.3 Å². The second kappa shape index (κ2) is 5.72. The summed E-state index contributed by atoms with van der Waals surface area (Å²) in [4.78, 5) is 21.8. The molecule has 1 aromatic rings. The normalized spacial score (nSPS) is 20.3. The summed E-state index contributed by atoms with van der Waals surface area (Å²) >= 11 is 0. The lowest BCUT2D eigenvalue weighted by atomic mass is 9.94. The van der Waals surface area contributed by atoms with Gasteiger partial charge in [-0.1, -0.05) is 0 Å². The molecule has 0 aromatic carbocycles. The average Bonchev–Trinajstić information content (AvgIpc) is 2.40. The van der Waals surface area contributed by atoms with E-state index in [0.717, 1.165) is 31.6 Å². The Bertz CT molecular complexity index is 369. The lowest BCUT2D eigenvalue weighted by Gasteiger charge is -2.32. The van der Waals surface area contributed by atoms with E-state index < -0.39 is 0 Å². The predicted octanol–water partition coefficient (Wildman–Crippen LogP) is 0.829. The fourth-order valence-corrected chi connectivity index (χ4v) is 2.20. The number of carbonyl (C=O) groups excluding carboxylic acids is 1. The molecule has 1 aromatic heterocycles. The number of ether oxygens (including phenoxy) is 1. The second-order valence-electron chi connectivity index (χ2n) is 4.25. The van der Waals surface area contributed by atoms with Crippen LogP contribution in [0.4, 0.5) is 0 Å². The maximum atomic E-state index is 11.7. The number of piperidine rings is 1. The van der Waals surface area contributed by atoms with Crippen LogP contribution in [0.2, 0.25) is 0 Å². The third kappa shape index (κ3) is 3.00. The van der Waals surface area contributed by atoms with Crippen LogP contribution < -0.4 is 0 Å². The van der Waals surface area contributed by atoms with Crippen LogP contribution in [-0.2, 0) is 9.53 Å². The fourth-order valence-electron chi connectivity index (χ4n) is 2.20. The van der Waals surface area contributed by atoms with Gasteiger partial charge < -0.3 is 9.64 Å². The number of amides is 1. The molecule has 5 nitrogen and oxygen atoms in total. The van der Waals surface area contributed by atoms with Crippen molar-refractivity contribution in [1.29, 1.82) is 0 Å². The third-order valence-electron chi connectivity index (χ3n) is 3.07. The van der Waals surface area contributed by atoms with Crippen LogP contribution in [0.1, 0.15) is 24.5 Å². The first-order valence-electron chi connectivity index (χ1n) is 5.84. The van der Waals surface area contributed by atoms with E-state index in [4.69, 9.17) is 4.74 Å². The van der Waals surface area contributed by atoms with Crippen molar-refractivity contribution in [2.24, 2.45) is 0 Å². The van der Waals surface area contributed by atoms with E-state index in [1.165, 1.54) is 0 Å². The van der Waals surface area contributed by atoms with Gasteiger partial charge >= 0.3 is 0 Å². The van der Waals surface area contributed by atoms with Gasteiger partial charge in [0.15, 0.2) is 0 Å². The molecule has 0 radical (unpaired) electrons. The monoisotopic (exact) mass is 235 g/mol. The predicted molar refractivity (Wildman–Crippen MR) is 62.5 cm³/mol. The summed E-state index contributed by atoms with van der Waals surface area (Å²) in [6.07, 6.45) is 5.40. The molecular formula is C12H17N3O2. The number of likely N-dealkylation sites (tertiary alicyclic amines) is 1. The molecule has 5 heteroatoms. The summed E-state index contributed by atoms with van der Waals surface area (Å²) in [5, 5.41) is 0. The summed E-state index contributed by atoms with van der Waals surface area (Å²) in [5.74, 6) is 0.388. The van der Waals surface area contributed by atoms with E-state index in [1.807, 2.05) is 11.0 Å². The van der Waals surface area contributed by atoms with Gasteiger partial charge in [-0.15, -0.1) is 0 Å². The van der Waals surface area contributed by atoms with Crippen LogP contribution in [0.3, 0.4) is 0 Å². The Morgan fingerprint density at radius 3 is 3.24 bits per heavy atom. The summed E-state index contributed by atoms with van der Waals surface area (Å²) in [6, 6.07) is 1.93. The lowest BCUT2D eigenvalue weighted by Crippen LogP contribution is -2.41. The molecule has 1 aliphatic heterocycles. The van der Waals surface area contributed by atoms with Crippen LogP contribution in [0, 0.1) is 0 Å². The number of nitrogens with zero attached hydrogens (tertiary/aromatic N) is 3. The van der Waals surface area contributed by atoms with Gasteiger partial charge in [0.25, 0.3) is 0 Å². The highest BCUT2D eigenvalue weighted by Gasteiger charge is 2.25. The highest BCUT2D eigenvalue weighted by molar-refractivity contribution is 5.77. The Kier molecular flexibility index (Phi) is 4.03. The third-order valence-corrected chi connectivity index (χ3v) is 3.07. The highest BCUT2D eigenvalue weighted by atomic mass is 16.5. The van der Waals surface area contributed by atoms with Gasteiger partial charge in [0.2, 0.25) is 5.91 Å². The van der Waals surface area contributed by atoms with Crippen LogP contribution in [0.25, 0.3) is 0 Å². The molecule has 0 N–H and O–H groups in total. The molecule has 1 fully saturated rings. The molecule has 1 amide bonds. The highest BCUT2D eigenvalue weighted by Crippen LogP contribution is 2.24. The maximum absolute atomic E-state index is 11.7. The molecule has 0 spiro atoms. The van der Waals surface area contributed by atoms with Crippen LogP contribution in [-0.4, -0.2) is 47.6 Å². The topological polar surface area (TPSA) is 55.3 Å². The molecule has 0 bridgehead atoms. The first kappa shape index (κ1) is 12.0. The van der Waals surface area contributed by atoms with E-state index >= 15 is 0 Å². The van der Waals surface area contributed by atoms with Crippen molar-refractivity contribution < 1.29 is 9.53 Å². The molecule has 1 saturated heterocycles. The number of hydrogen-bond acceptors (Lipinski definition) is 4. The Morgan fingerprint density at radius 2 is 2.53 bits per heavy atom. The van der Waals surface area contributed by atoms with Crippen molar-refractivity contribution in [3.63, 3.8) is 0 Å². The number of carbonyl (C=O) groups is 1. The number of rotatable bonds is 3. The zero-order valence-electron chi connectivity index (χ0n) is 10.0. The molecule has 1 aliphatic rings. The summed E-state index contributed by atoms with van der Waals surface area (Å²) in [6.45, 7) is 1.72. The standard InChI is InChI=1S/C12H17N3O2/c1-17-8-12(16)15-6-2-3-10(7-15)11-4-5-13-9-14-11/h4-5,9-10H,2-3,6-8H2,1H3/t10-/m1/s1. The molecule has 0 saturated carbocycles. The first-order valence-corrected chi connectivity index (χ1v) is 5.84. The van der Waals surface area contributed by atoms with Gasteiger partial charge in [0, 0.05) is 38.0 Å². The number of hydrogen-bond donors (Lipinski definition) is 0. The molecule has 17 heavy (non-hydrogen) atoms. The van der Waals surface area contributed by atoms with Crippen LogP contribution >= 0.6 is 0 Å². The minimum Gasteiger partial charge on any atom is -0.375 e. The molecule has 1 atom stereocenters. The van der Waals surface area contributed by atoms with Crippen LogP contribution in [0.5, 0.6) is 0 Å². The fraction of sp³-hybridized carbons (Fsp3) is 0.583. The van der Waals surface area contributed by atoms with Crippen molar-refractivity contribution >= 4 is 5.91 Å². The van der Waals surface area contributed by atoms with Gasteiger partial charge in [-0.25, -0.2) is 9.97 Å². The summed E-state index contributed by atoms with van der Waals surface area (Å²) in [5.41, 5.74) is 1.02. The van der Waals surface area contributed by atoms with E-state index in [9.17, 15) is 4.79 Å². The Hall–Kier alpha value is -1.49. The molecule has 2 rings (SSSR count). The number of methoxy groups -OCH3 is 1. The average molecular weight is 235 g/mol. The van der Waals surface area contributed by atoms with Crippen molar-refractivity contribution in [1.82, 2.24) is 14.9 Å². The van der Waals surface area contributed by atoms with Gasteiger partial charge in [-0.05, 0) is 18.9 Å². The van der Waals surface area contributed by atoms with Gasteiger partial charge in [-0.2, -0.15) is 0 Å². The molecule has 0 unspecified atom stereocenters.